The molecule has 0 aliphatic rings. The van der Waals surface area contributed by atoms with Crippen LogP contribution in [-0.4, -0.2) is 28.1 Å². The minimum atomic E-state index is -1.08. The van der Waals surface area contributed by atoms with Crippen molar-refractivity contribution in [3.63, 3.8) is 0 Å². The molecule has 8 heteroatoms. The molecule has 1 rings (SSSR count). The number of carbonyl (C=O) groups excluding carboxylic acids is 1. The molecule has 116 valence electrons. The first kappa shape index (κ1) is 16.8. The first-order valence-corrected chi connectivity index (χ1v) is 6.48. The van der Waals surface area contributed by atoms with Gasteiger partial charge in [0.1, 0.15) is 11.5 Å². The van der Waals surface area contributed by atoms with Crippen molar-refractivity contribution < 1.29 is 19.2 Å². The number of rotatable bonds is 6. The monoisotopic (exact) mass is 299 g/mol. The number of nitro benzene ring substituents is 1. The van der Waals surface area contributed by atoms with Crippen molar-refractivity contribution in [2.75, 3.05) is 12.3 Å². The van der Waals surface area contributed by atoms with Crippen LogP contribution in [0.5, 0.6) is 0 Å². The molecule has 0 fully saturated rings. The molecule has 0 aromatic heterocycles. The highest BCUT2D eigenvalue weighted by atomic mass is 19.1. The molecule has 0 saturated carbocycles. The molecule has 21 heavy (non-hydrogen) atoms. The van der Waals surface area contributed by atoms with Gasteiger partial charge < -0.3 is 16.2 Å². The average Bonchev–Trinajstić information content (AvgIpc) is 2.46. The Bertz CT molecular complexity index is 559. The van der Waals surface area contributed by atoms with Crippen LogP contribution in [0.3, 0.4) is 0 Å². The lowest BCUT2D eigenvalue weighted by Gasteiger charge is -2.25. The number of nitrogens with one attached hydrogen (secondary N) is 1. The third kappa shape index (κ3) is 3.88. The SMILES string of the molecule is CCC(O)(CC)CNC(=O)c1cc(F)cc([N+](=O)[O-])c1N. The fourth-order valence-electron chi connectivity index (χ4n) is 1.78. The summed E-state index contributed by atoms with van der Waals surface area (Å²) in [5.41, 5.74) is 3.05. The quantitative estimate of drug-likeness (QED) is 0.419. The predicted molar refractivity (Wildman–Crippen MR) is 75.3 cm³/mol. The van der Waals surface area contributed by atoms with Crippen LogP contribution in [0.4, 0.5) is 15.8 Å². The van der Waals surface area contributed by atoms with Gasteiger partial charge in [0.25, 0.3) is 11.6 Å². The molecule has 7 nitrogen and oxygen atoms in total. The third-order valence-corrected chi connectivity index (χ3v) is 3.46. The molecule has 1 amide bonds. The van der Waals surface area contributed by atoms with E-state index in [4.69, 9.17) is 5.73 Å². The number of nitro groups is 1. The Morgan fingerprint density at radius 1 is 1.48 bits per heavy atom. The van der Waals surface area contributed by atoms with E-state index >= 15 is 0 Å². The molecule has 0 bridgehead atoms. The maximum absolute atomic E-state index is 13.3. The summed E-state index contributed by atoms with van der Waals surface area (Å²) in [4.78, 5) is 21.9. The van der Waals surface area contributed by atoms with Gasteiger partial charge in [-0.15, -0.1) is 0 Å². The van der Waals surface area contributed by atoms with Gasteiger partial charge in [-0.2, -0.15) is 0 Å². The second-order valence-electron chi connectivity index (χ2n) is 4.76. The lowest BCUT2D eigenvalue weighted by molar-refractivity contribution is -0.384. The molecule has 0 spiro atoms. The number of hydrogen-bond donors (Lipinski definition) is 3. The van der Waals surface area contributed by atoms with E-state index in [-0.39, 0.29) is 12.1 Å². The first-order valence-electron chi connectivity index (χ1n) is 6.48. The highest BCUT2D eigenvalue weighted by Gasteiger charge is 2.26. The summed E-state index contributed by atoms with van der Waals surface area (Å²) in [6.07, 6.45) is 0.838. The van der Waals surface area contributed by atoms with Gasteiger partial charge in [-0.1, -0.05) is 13.8 Å². The average molecular weight is 299 g/mol. The van der Waals surface area contributed by atoms with Crippen LogP contribution in [0.1, 0.15) is 37.0 Å². The van der Waals surface area contributed by atoms with Gasteiger partial charge in [0.05, 0.1) is 22.2 Å². The van der Waals surface area contributed by atoms with Gasteiger partial charge in [-0.05, 0) is 18.9 Å². The highest BCUT2D eigenvalue weighted by molar-refractivity contribution is 6.01. The Labute approximate surface area is 121 Å². The van der Waals surface area contributed by atoms with Crippen molar-refractivity contribution in [2.45, 2.75) is 32.3 Å². The number of hydrogen-bond acceptors (Lipinski definition) is 5. The lowest BCUT2D eigenvalue weighted by atomic mass is 9.97. The number of halogens is 1. The molecule has 0 unspecified atom stereocenters. The van der Waals surface area contributed by atoms with E-state index in [1.54, 1.807) is 13.8 Å². The molecule has 0 atom stereocenters. The number of nitrogens with zero attached hydrogens (tertiary/aromatic N) is 1. The Balaban J connectivity index is 3.01. The molecule has 0 radical (unpaired) electrons. The second kappa shape index (κ2) is 6.49. The zero-order chi connectivity index (χ0) is 16.2. The second-order valence-corrected chi connectivity index (χ2v) is 4.76. The molecule has 4 N–H and O–H groups in total. The molecule has 0 saturated heterocycles. The molecule has 0 heterocycles. The molecular formula is C13H18FN3O4. The Hall–Kier alpha value is -2.22. The number of nitrogens with two attached hydrogens (primary N) is 1. The summed E-state index contributed by atoms with van der Waals surface area (Å²) in [5, 5.41) is 23.2. The van der Waals surface area contributed by atoms with Crippen molar-refractivity contribution >= 4 is 17.3 Å². The summed E-state index contributed by atoms with van der Waals surface area (Å²) in [6.45, 7) is 3.47. The Kier molecular flexibility index (Phi) is 5.20. The molecule has 0 aliphatic heterocycles. The smallest absolute Gasteiger partial charge is 0.295 e. The summed E-state index contributed by atoms with van der Waals surface area (Å²) in [7, 11) is 0. The highest BCUT2D eigenvalue weighted by Crippen LogP contribution is 2.26. The standard InChI is InChI=1S/C13H18FN3O4/c1-3-13(19,4-2)7-16-12(18)9-5-8(14)6-10(11(9)15)17(20)21/h5-6,19H,3-4,7,15H2,1-2H3,(H,16,18). The first-order chi connectivity index (χ1) is 9.74. The minimum absolute atomic E-state index is 0.0530. The van der Waals surface area contributed by atoms with Gasteiger partial charge in [0, 0.05) is 6.54 Å². The number of carbonyl (C=O) groups is 1. The van der Waals surface area contributed by atoms with Crippen LogP contribution in [0.2, 0.25) is 0 Å². The topological polar surface area (TPSA) is 118 Å². The van der Waals surface area contributed by atoms with E-state index in [0.717, 1.165) is 6.07 Å². The van der Waals surface area contributed by atoms with Gasteiger partial charge in [-0.25, -0.2) is 4.39 Å². The van der Waals surface area contributed by atoms with Crippen LogP contribution in [-0.2, 0) is 0 Å². The van der Waals surface area contributed by atoms with Crippen molar-refractivity contribution in [1.29, 1.82) is 0 Å². The van der Waals surface area contributed by atoms with E-state index in [9.17, 15) is 24.4 Å². The predicted octanol–water partition coefficient (Wildman–Crippen LogP) is 1.60. The summed E-state index contributed by atoms with van der Waals surface area (Å²) in [5.74, 6) is -1.70. The number of amides is 1. The van der Waals surface area contributed by atoms with Crippen LogP contribution < -0.4 is 11.1 Å². The fourth-order valence-corrected chi connectivity index (χ4v) is 1.78. The zero-order valence-corrected chi connectivity index (χ0v) is 11.9. The number of nitrogen functional groups attached to an aromatic ring is 1. The largest absolute Gasteiger partial charge is 0.393 e. The third-order valence-electron chi connectivity index (χ3n) is 3.46. The van der Waals surface area contributed by atoms with E-state index in [1.165, 1.54) is 0 Å². The van der Waals surface area contributed by atoms with Crippen molar-refractivity contribution in [3.8, 4) is 0 Å². The van der Waals surface area contributed by atoms with Crippen LogP contribution in [0.15, 0.2) is 12.1 Å². The molecular weight excluding hydrogens is 281 g/mol. The summed E-state index contributed by atoms with van der Waals surface area (Å²) < 4.78 is 13.3. The van der Waals surface area contributed by atoms with Gasteiger partial charge in [0.2, 0.25) is 0 Å². The van der Waals surface area contributed by atoms with Crippen LogP contribution >= 0.6 is 0 Å². The lowest BCUT2D eigenvalue weighted by Crippen LogP contribution is -2.42. The maximum atomic E-state index is 13.3. The van der Waals surface area contributed by atoms with Crippen molar-refractivity contribution in [3.05, 3.63) is 33.6 Å². The van der Waals surface area contributed by atoms with Crippen molar-refractivity contribution in [1.82, 2.24) is 5.32 Å². The van der Waals surface area contributed by atoms with Gasteiger partial charge >= 0.3 is 0 Å². The molecule has 0 aliphatic carbocycles. The van der Waals surface area contributed by atoms with E-state index < -0.39 is 33.6 Å². The maximum Gasteiger partial charge on any atom is 0.295 e. The van der Waals surface area contributed by atoms with Crippen LogP contribution in [0.25, 0.3) is 0 Å². The Morgan fingerprint density at radius 2 is 2.05 bits per heavy atom. The van der Waals surface area contributed by atoms with E-state index in [2.05, 4.69) is 5.32 Å². The van der Waals surface area contributed by atoms with Gasteiger partial charge in [-0.3, -0.25) is 14.9 Å². The summed E-state index contributed by atoms with van der Waals surface area (Å²) >= 11 is 0. The number of benzene rings is 1. The normalized spacial score (nSPS) is 11.2. The molecule has 1 aromatic carbocycles. The number of aliphatic hydroxyl groups is 1. The van der Waals surface area contributed by atoms with E-state index in [1.807, 2.05) is 0 Å². The van der Waals surface area contributed by atoms with E-state index in [0.29, 0.717) is 18.9 Å². The fraction of sp³-hybridized carbons (Fsp3) is 0.462. The van der Waals surface area contributed by atoms with Gasteiger partial charge in [0.15, 0.2) is 0 Å². The summed E-state index contributed by atoms with van der Waals surface area (Å²) in [6, 6.07) is 1.48. The van der Waals surface area contributed by atoms with Crippen LogP contribution in [0, 0.1) is 15.9 Å². The van der Waals surface area contributed by atoms with Crippen molar-refractivity contribution in [2.24, 2.45) is 0 Å². The zero-order valence-electron chi connectivity index (χ0n) is 11.9. The molecule has 1 aromatic rings. The number of anilines is 1. The minimum Gasteiger partial charge on any atom is -0.393 e. The Morgan fingerprint density at radius 3 is 2.52 bits per heavy atom.